The number of hydrogen-bond acceptors (Lipinski definition) is 2. The molecule has 0 rings (SSSR count). The molecule has 0 saturated heterocycles. The van der Waals surface area contributed by atoms with E-state index in [0.717, 1.165) is 0 Å². The van der Waals surface area contributed by atoms with Crippen molar-refractivity contribution >= 4 is 0 Å². The first kappa shape index (κ1) is 10.9. The van der Waals surface area contributed by atoms with Crippen LogP contribution in [-0.4, -0.2) is 36.2 Å². The molecular formula is C9H21NO. The summed E-state index contributed by atoms with van der Waals surface area (Å²) in [4.78, 5) is 2.08. The van der Waals surface area contributed by atoms with Gasteiger partial charge in [-0.2, -0.15) is 0 Å². The SMILES string of the molecule is CN(C)C(C)(CO)C(C)(C)C. The van der Waals surface area contributed by atoms with Crippen molar-refractivity contribution in [2.45, 2.75) is 33.2 Å². The summed E-state index contributed by atoms with van der Waals surface area (Å²) in [5.74, 6) is 0. The highest BCUT2D eigenvalue weighted by atomic mass is 16.3. The molecule has 0 aliphatic rings. The topological polar surface area (TPSA) is 23.5 Å². The molecule has 0 bridgehead atoms. The van der Waals surface area contributed by atoms with Crippen LogP contribution in [0.1, 0.15) is 27.7 Å². The van der Waals surface area contributed by atoms with Crippen molar-refractivity contribution in [3.05, 3.63) is 0 Å². The molecule has 0 aliphatic carbocycles. The van der Waals surface area contributed by atoms with Crippen molar-refractivity contribution in [2.75, 3.05) is 20.7 Å². The molecule has 11 heavy (non-hydrogen) atoms. The molecule has 0 fully saturated rings. The van der Waals surface area contributed by atoms with Crippen LogP contribution in [0.5, 0.6) is 0 Å². The second kappa shape index (κ2) is 3.11. The summed E-state index contributed by atoms with van der Waals surface area (Å²) >= 11 is 0. The van der Waals surface area contributed by atoms with Crippen LogP contribution in [0, 0.1) is 5.41 Å². The average Bonchev–Trinajstić information content (AvgIpc) is 1.83. The van der Waals surface area contributed by atoms with Crippen LogP contribution in [0.2, 0.25) is 0 Å². The van der Waals surface area contributed by atoms with Gasteiger partial charge in [0.05, 0.1) is 6.61 Å². The number of aliphatic hydroxyl groups is 1. The molecule has 0 amide bonds. The molecule has 0 aromatic heterocycles. The Bertz CT molecular complexity index is 126. The summed E-state index contributed by atoms with van der Waals surface area (Å²) in [5.41, 5.74) is -0.0295. The van der Waals surface area contributed by atoms with Crippen LogP contribution in [0.25, 0.3) is 0 Å². The van der Waals surface area contributed by atoms with E-state index in [4.69, 9.17) is 0 Å². The molecule has 1 unspecified atom stereocenters. The largest absolute Gasteiger partial charge is 0.394 e. The van der Waals surface area contributed by atoms with Gasteiger partial charge >= 0.3 is 0 Å². The van der Waals surface area contributed by atoms with Crippen molar-refractivity contribution in [2.24, 2.45) is 5.41 Å². The second-order valence-corrected chi connectivity index (χ2v) is 4.58. The molecule has 0 saturated carbocycles. The van der Waals surface area contributed by atoms with E-state index in [1.807, 2.05) is 14.1 Å². The lowest BCUT2D eigenvalue weighted by Crippen LogP contribution is -2.54. The molecule has 2 heteroatoms. The predicted molar refractivity (Wildman–Crippen MR) is 48.6 cm³/mol. The highest BCUT2D eigenvalue weighted by molar-refractivity contribution is 4.93. The normalized spacial score (nSPS) is 18.5. The van der Waals surface area contributed by atoms with Crippen LogP contribution in [0.3, 0.4) is 0 Å². The lowest BCUT2D eigenvalue weighted by atomic mass is 9.74. The Morgan fingerprint density at radius 2 is 1.45 bits per heavy atom. The molecule has 0 heterocycles. The standard InChI is InChI=1S/C9H21NO/c1-8(2,3)9(4,7-11)10(5)6/h11H,7H2,1-6H3. The van der Waals surface area contributed by atoms with E-state index in [1.54, 1.807) is 0 Å². The second-order valence-electron chi connectivity index (χ2n) is 4.58. The minimum Gasteiger partial charge on any atom is -0.394 e. The van der Waals surface area contributed by atoms with Crippen LogP contribution in [-0.2, 0) is 0 Å². The first-order valence-corrected chi connectivity index (χ1v) is 4.04. The van der Waals surface area contributed by atoms with E-state index in [0.29, 0.717) is 0 Å². The molecule has 0 spiro atoms. The zero-order valence-electron chi connectivity index (χ0n) is 8.60. The molecule has 68 valence electrons. The summed E-state index contributed by atoms with van der Waals surface area (Å²) in [7, 11) is 4.00. The molecule has 1 atom stereocenters. The highest BCUT2D eigenvalue weighted by Crippen LogP contribution is 2.33. The van der Waals surface area contributed by atoms with E-state index in [9.17, 15) is 5.11 Å². The Kier molecular flexibility index (Phi) is 3.09. The molecule has 0 aromatic rings. The third kappa shape index (κ3) is 1.94. The molecule has 0 radical (unpaired) electrons. The lowest BCUT2D eigenvalue weighted by Gasteiger charge is -2.45. The monoisotopic (exact) mass is 159 g/mol. The van der Waals surface area contributed by atoms with Gasteiger partial charge in [0.1, 0.15) is 0 Å². The highest BCUT2D eigenvalue weighted by Gasteiger charge is 2.38. The number of rotatable bonds is 2. The van der Waals surface area contributed by atoms with Gasteiger partial charge in [0.15, 0.2) is 0 Å². The van der Waals surface area contributed by atoms with E-state index < -0.39 is 0 Å². The van der Waals surface area contributed by atoms with Crippen molar-refractivity contribution in [1.82, 2.24) is 4.90 Å². The minimum absolute atomic E-state index is 0.102. The van der Waals surface area contributed by atoms with Crippen LogP contribution in [0.4, 0.5) is 0 Å². The summed E-state index contributed by atoms with van der Waals surface area (Å²) in [6.45, 7) is 8.70. The molecule has 1 N–H and O–H groups in total. The van der Waals surface area contributed by atoms with Crippen molar-refractivity contribution in [1.29, 1.82) is 0 Å². The molecular weight excluding hydrogens is 138 g/mol. The Balaban J connectivity index is 4.61. The van der Waals surface area contributed by atoms with Gasteiger partial charge in [-0.25, -0.2) is 0 Å². The fourth-order valence-electron chi connectivity index (χ4n) is 1.05. The van der Waals surface area contributed by atoms with Gasteiger partial charge in [-0.05, 0) is 26.4 Å². The van der Waals surface area contributed by atoms with Crippen molar-refractivity contribution in [3.63, 3.8) is 0 Å². The maximum atomic E-state index is 9.25. The first-order chi connectivity index (χ1) is 4.75. The van der Waals surface area contributed by atoms with E-state index >= 15 is 0 Å². The van der Waals surface area contributed by atoms with Crippen molar-refractivity contribution < 1.29 is 5.11 Å². The summed E-state index contributed by atoms with van der Waals surface area (Å²) < 4.78 is 0. The van der Waals surface area contributed by atoms with Gasteiger partial charge in [0.25, 0.3) is 0 Å². The minimum atomic E-state index is -0.132. The van der Waals surface area contributed by atoms with Gasteiger partial charge in [-0.3, -0.25) is 0 Å². The zero-order chi connectivity index (χ0) is 9.28. The number of nitrogens with zero attached hydrogens (tertiary/aromatic N) is 1. The maximum Gasteiger partial charge on any atom is 0.0617 e. The Morgan fingerprint density at radius 1 is 1.09 bits per heavy atom. The van der Waals surface area contributed by atoms with Gasteiger partial charge in [-0.15, -0.1) is 0 Å². The Morgan fingerprint density at radius 3 is 1.45 bits per heavy atom. The Labute approximate surface area is 70.2 Å². The first-order valence-electron chi connectivity index (χ1n) is 4.04. The smallest absolute Gasteiger partial charge is 0.0617 e. The Hall–Kier alpha value is -0.0800. The fraction of sp³-hybridized carbons (Fsp3) is 1.00. The van der Waals surface area contributed by atoms with Crippen molar-refractivity contribution in [3.8, 4) is 0 Å². The average molecular weight is 159 g/mol. The third-order valence-electron chi connectivity index (χ3n) is 2.91. The van der Waals surface area contributed by atoms with E-state index in [-0.39, 0.29) is 17.6 Å². The third-order valence-corrected chi connectivity index (χ3v) is 2.91. The molecule has 0 aromatic carbocycles. The number of hydrogen-bond donors (Lipinski definition) is 1. The van der Waals surface area contributed by atoms with Gasteiger partial charge in [-0.1, -0.05) is 20.8 Å². The predicted octanol–water partition coefficient (Wildman–Crippen LogP) is 1.35. The number of aliphatic hydroxyl groups excluding tert-OH is 1. The fourth-order valence-corrected chi connectivity index (χ4v) is 1.05. The zero-order valence-corrected chi connectivity index (χ0v) is 8.60. The molecule has 0 aliphatic heterocycles. The van der Waals surface area contributed by atoms with Crippen LogP contribution in [0.15, 0.2) is 0 Å². The van der Waals surface area contributed by atoms with E-state index in [1.165, 1.54) is 0 Å². The summed E-state index contributed by atoms with van der Waals surface area (Å²) in [6.07, 6.45) is 0. The van der Waals surface area contributed by atoms with Gasteiger partial charge in [0, 0.05) is 5.54 Å². The van der Waals surface area contributed by atoms with Gasteiger partial charge < -0.3 is 10.0 Å². The number of likely N-dealkylation sites (N-methyl/N-ethyl adjacent to an activating group) is 1. The summed E-state index contributed by atoms with van der Waals surface area (Å²) in [5, 5.41) is 9.25. The lowest BCUT2D eigenvalue weighted by molar-refractivity contribution is -0.00521. The van der Waals surface area contributed by atoms with E-state index in [2.05, 4.69) is 32.6 Å². The van der Waals surface area contributed by atoms with Gasteiger partial charge in [0.2, 0.25) is 0 Å². The molecule has 2 nitrogen and oxygen atoms in total. The quantitative estimate of drug-likeness (QED) is 0.657. The van der Waals surface area contributed by atoms with Crippen LogP contribution < -0.4 is 0 Å². The summed E-state index contributed by atoms with van der Waals surface area (Å²) in [6, 6.07) is 0. The van der Waals surface area contributed by atoms with Crippen LogP contribution >= 0.6 is 0 Å². The maximum absolute atomic E-state index is 9.25.